The van der Waals surface area contributed by atoms with Crippen LogP contribution in [0.5, 0.6) is 0 Å². The molecule has 0 radical (unpaired) electrons. The van der Waals surface area contributed by atoms with Gasteiger partial charge in [-0.2, -0.15) is 8.78 Å². The van der Waals surface area contributed by atoms with E-state index < -0.39 is 18.3 Å². The standard InChI is InChI=1S/C13H16F2O2/c1-12(2,3)10-7-5-4-6-9(10)8-13(14,15)11(16)17/h4-7H,8H2,1-3H3,(H,16,17). The number of rotatable bonds is 3. The lowest BCUT2D eigenvalue weighted by atomic mass is 9.82. The summed E-state index contributed by atoms with van der Waals surface area (Å²) in [5, 5.41) is 8.45. The van der Waals surface area contributed by atoms with E-state index in [2.05, 4.69) is 0 Å². The predicted octanol–water partition coefficient (Wildman–Crippen LogP) is 3.25. The maximum atomic E-state index is 13.2. The number of hydrogen-bond acceptors (Lipinski definition) is 1. The number of aliphatic carboxylic acids is 1. The monoisotopic (exact) mass is 242 g/mol. The largest absolute Gasteiger partial charge is 0.477 e. The van der Waals surface area contributed by atoms with E-state index in [1.165, 1.54) is 0 Å². The molecule has 0 unspecified atom stereocenters. The Hall–Kier alpha value is -1.45. The Labute approximate surface area is 99.3 Å². The fourth-order valence-electron chi connectivity index (χ4n) is 1.72. The minimum Gasteiger partial charge on any atom is -0.477 e. The Morgan fingerprint density at radius 2 is 1.76 bits per heavy atom. The van der Waals surface area contributed by atoms with Gasteiger partial charge in [-0.3, -0.25) is 0 Å². The van der Waals surface area contributed by atoms with Crippen molar-refractivity contribution in [2.75, 3.05) is 0 Å². The zero-order valence-electron chi connectivity index (χ0n) is 10.1. The summed E-state index contributed by atoms with van der Waals surface area (Å²) in [5.41, 5.74) is 0.846. The van der Waals surface area contributed by atoms with E-state index in [1.807, 2.05) is 20.8 Å². The molecule has 0 aliphatic carbocycles. The summed E-state index contributed by atoms with van der Waals surface area (Å²) in [6.45, 7) is 5.72. The van der Waals surface area contributed by atoms with Crippen molar-refractivity contribution in [1.29, 1.82) is 0 Å². The number of benzene rings is 1. The lowest BCUT2D eigenvalue weighted by molar-refractivity contribution is -0.164. The Balaban J connectivity index is 3.12. The molecule has 0 bridgehead atoms. The van der Waals surface area contributed by atoms with Crippen molar-refractivity contribution in [1.82, 2.24) is 0 Å². The van der Waals surface area contributed by atoms with Crippen LogP contribution in [-0.4, -0.2) is 17.0 Å². The first-order valence-electron chi connectivity index (χ1n) is 5.34. The Kier molecular flexibility index (Phi) is 3.55. The molecule has 2 nitrogen and oxygen atoms in total. The zero-order chi connectivity index (χ0) is 13.3. The maximum absolute atomic E-state index is 13.2. The fourth-order valence-corrected chi connectivity index (χ4v) is 1.72. The third-order valence-electron chi connectivity index (χ3n) is 2.55. The second-order valence-electron chi connectivity index (χ2n) is 5.09. The molecule has 0 saturated heterocycles. The topological polar surface area (TPSA) is 37.3 Å². The molecule has 0 aromatic heterocycles. The minimum absolute atomic E-state index is 0.287. The third kappa shape index (κ3) is 3.25. The SMILES string of the molecule is CC(C)(C)c1ccccc1CC(F)(F)C(=O)O. The first-order valence-corrected chi connectivity index (χ1v) is 5.34. The van der Waals surface area contributed by atoms with E-state index in [0.29, 0.717) is 5.56 Å². The van der Waals surface area contributed by atoms with Crippen molar-refractivity contribution in [2.24, 2.45) is 0 Å². The van der Waals surface area contributed by atoms with Crippen LogP contribution in [0.15, 0.2) is 24.3 Å². The fraction of sp³-hybridized carbons (Fsp3) is 0.462. The average Bonchev–Trinajstić information content (AvgIpc) is 2.15. The lowest BCUT2D eigenvalue weighted by Crippen LogP contribution is -2.31. The summed E-state index contributed by atoms with van der Waals surface area (Å²) < 4.78 is 26.4. The van der Waals surface area contributed by atoms with Gasteiger partial charge in [-0.1, -0.05) is 45.0 Å². The van der Waals surface area contributed by atoms with Gasteiger partial charge in [0, 0.05) is 6.42 Å². The van der Waals surface area contributed by atoms with Gasteiger partial charge in [0.05, 0.1) is 0 Å². The molecule has 1 rings (SSSR count). The summed E-state index contributed by atoms with van der Waals surface area (Å²) in [6, 6.07) is 6.72. The van der Waals surface area contributed by atoms with E-state index in [9.17, 15) is 13.6 Å². The normalized spacial score (nSPS) is 12.5. The van der Waals surface area contributed by atoms with Gasteiger partial charge in [-0.25, -0.2) is 4.79 Å². The highest BCUT2D eigenvalue weighted by atomic mass is 19.3. The number of carboxylic acids is 1. The zero-order valence-corrected chi connectivity index (χ0v) is 10.1. The van der Waals surface area contributed by atoms with Crippen LogP contribution in [0.25, 0.3) is 0 Å². The number of hydrogen-bond donors (Lipinski definition) is 1. The van der Waals surface area contributed by atoms with Gasteiger partial charge in [0.25, 0.3) is 0 Å². The molecular formula is C13H16F2O2. The van der Waals surface area contributed by atoms with E-state index >= 15 is 0 Å². The van der Waals surface area contributed by atoms with Gasteiger partial charge in [0.2, 0.25) is 0 Å². The number of carboxylic acid groups (broad SMARTS) is 1. The second-order valence-corrected chi connectivity index (χ2v) is 5.09. The average molecular weight is 242 g/mol. The Morgan fingerprint density at radius 1 is 1.24 bits per heavy atom. The van der Waals surface area contributed by atoms with Crippen LogP contribution >= 0.6 is 0 Å². The van der Waals surface area contributed by atoms with Crippen molar-refractivity contribution in [2.45, 2.75) is 38.5 Å². The van der Waals surface area contributed by atoms with Crippen LogP contribution < -0.4 is 0 Å². The van der Waals surface area contributed by atoms with Crippen molar-refractivity contribution in [3.8, 4) is 0 Å². The number of carbonyl (C=O) groups is 1. The minimum atomic E-state index is -3.72. The van der Waals surface area contributed by atoms with Crippen LogP contribution in [0.1, 0.15) is 31.9 Å². The first kappa shape index (κ1) is 13.6. The maximum Gasteiger partial charge on any atom is 0.374 e. The molecule has 94 valence electrons. The van der Waals surface area contributed by atoms with Crippen LogP contribution in [0.2, 0.25) is 0 Å². The Morgan fingerprint density at radius 3 is 2.24 bits per heavy atom. The molecule has 0 saturated carbocycles. The summed E-state index contributed by atoms with van der Waals surface area (Å²) in [5.74, 6) is -5.80. The summed E-state index contributed by atoms with van der Waals surface area (Å²) in [7, 11) is 0. The van der Waals surface area contributed by atoms with E-state index in [4.69, 9.17) is 5.11 Å². The molecule has 1 N–H and O–H groups in total. The van der Waals surface area contributed by atoms with Gasteiger partial charge >= 0.3 is 11.9 Å². The smallest absolute Gasteiger partial charge is 0.374 e. The molecule has 0 amide bonds. The first-order chi connectivity index (χ1) is 7.64. The van der Waals surface area contributed by atoms with Crippen molar-refractivity contribution in [3.05, 3.63) is 35.4 Å². The summed E-state index contributed by atoms with van der Waals surface area (Å²) >= 11 is 0. The molecule has 0 spiro atoms. The van der Waals surface area contributed by atoms with Crippen molar-refractivity contribution < 1.29 is 18.7 Å². The number of alkyl halides is 2. The number of halogens is 2. The molecular weight excluding hydrogens is 226 g/mol. The quantitative estimate of drug-likeness (QED) is 0.883. The molecule has 0 aliphatic heterocycles. The van der Waals surface area contributed by atoms with Crippen molar-refractivity contribution >= 4 is 5.97 Å². The highest BCUT2D eigenvalue weighted by Crippen LogP contribution is 2.30. The Bertz CT molecular complexity index is 420. The van der Waals surface area contributed by atoms with Crippen LogP contribution in [0.3, 0.4) is 0 Å². The van der Waals surface area contributed by atoms with E-state index in [0.717, 1.165) is 5.56 Å². The predicted molar refractivity (Wildman–Crippen MR) is 61.4 cm³/mol. The summed E-state index contributed by atoms with van der Waals surface area (Å²) in [4.78, 5) is 10.4. The highest BCUT2D eigenvalue weighted by Gasteiger charge is 2.39. The van der Waals surface area contributed by atoms with Crippen LogP contribution in [0.4, 0.5) is 8.78 Å². The van der Waals surface area contributed by atoms with Gasteiger partial charge in [-0.15, -0.1) is 0 Å². The molecule has 0 fully saturated rings. The molecule has 0 aliphatic rings. The molecule has 1 aromatic rings. The van der Waals surface area contributed by atoms with E-state index in [1.54, 1.807) is 24.3 Å². The highest BCUT2D eigenvalue weighted by molar-refractivity contribution is 5.75. The molecule has 4 heteroatoms. The molecule has 1 aromatic carbocycles. The van der Waals surface area contributed by atoms with Gasteiger partial charge in [0.1, 0.15) is 0 Å². The molecule has 0 heterocycles. The van der Waals surface area contributed by atoms with E-state index in [-0.39, 0.29) is 5.41 Å². The molecule has 0 atom stereocenters. The van der Waals surface area contributed by atoms with Gasteiger partial charge in [-0.05, 0) is 16.5 Å². The summed E-state index contributed by atoms with van der Waals surface area (Å²) in [6.07, 6.45) is -0.768. The van der Waals surface area contributed by atoms with Crippen LogP contribution in [-0.2, 0) is 16.6 Å². The van der Waals surface area contributed by atoms with Crippen LogP contribution in [0, 0.1) is 0 Å². The molecule has 17 heavy (non-hydrogen) atoms. The van der Waals surface area contributed by atoms with Gasteiger partial charge < -0.3 is 5.11 Å². The second kappa shape index (κ2) is 4.43. The van der Waals surface area contributed by atoms with Gasteiger partial charge in [0.15, 0.2) is 0 Å². The lowest BCUT2D eigenvalue weighted by Gasteiger charge is -2.24. The van der Waals surface area contributed by atoms with Crippen molar-refractivity contribution in [3.63, 3.8) is 0 Å². The third-order valence-corrected chi connectivity index (χ3v) is 2.55.